The molecule has 2 rings (SSSR count). The molecule has 6 nitrogen and oxygen atoms in total. The lowest BCUT2D eigenvalue weighted by atomic mass is 10.0. The number of hydrogen-bond donors (Lipinski definition) is 2. The highest BCUT2D eigenvalue weighted by Gasteiger charge is 2.12. The van der Waals surface area contributed by atoms with Crippen molar-refractivity contribution < 1.29 is 23.5 Å². The maximum atomic E-state index is 12.8. The van der Waals surface area contributed by atoms with Crippen molar-refractivity contribution in [3.05, 3.63) is 65.5 Å². The molecule has 2 aromatic rings. The topological polar surface area (TPSA) is 84.5 Å². The van der Waals surface area contributed by atoms with Crippen LogP contribution >= 0.6 is 0 Å². The summed E-state index contributed by atoms with van der Waals surface area (Å²) in [4.78, 5) is 35.4. The van der Waals surface area contributed by atoms with Crippen molar-refractivity contribution >= 4 is 23.5 Å². The second-order valence-corrected chi connectivity index (χ2v) is 6.18. The first-order valence-corrected chi connectivity index (χ1v) is 8.44. The van der Waals surface area contributed by atoms with Gasteiger partial charge in [0.25, 0.3) is 5.91 Å². The van der Waals surface area contributed by atoms with E-state index in [2.05, 4.69) is 10.6 Å². The van der Waals surface area contributed by atoms with E-state index in [-0.39, 0.29) is 6.54 Å². The molecule has 0 saturated carbocycles. The molecule has 7 heteroatoms. The van der Waals surface area contributed by atoms with E-state index in [1.54, 1.807) is 12.1 Å². The second-order valence-electron chi connectivity index (χ2n) is 6.18. The van der Waals surface area contributed by atoms with Crippen LogP contribution in [0.15, 0.2) is 48.5 Å². The molecule has 2 amide bonds. The fraction of sp³-hybridized carbons (Fsp3) is 0.250. The minimum Gasteiger partial charge on any atom is -0.452 e. The van der Waals surface area contributed by atoms with Gasteiger partial charge in [0, 0.05) is 5.69 Å². The molecule has 0 spiro atoms. The monoisotopic (exact) mass is 372 g/mol. The Labute approximate surface area is 156 Å². The summed E-state index contributed by atoms with van der Waals surface area (Å²) in [7, 11) is 0. The first-order chi connectivity index (χ1) is 12.8. The number of carbonyl (C=O) groups is 3. The van der Waals surface area contributed by atoms with E-state index in [0.717, 1.165) is 5.56 Å². The Bertz CT molecular complexity index is 802. The molecule has 0 aliphatic rings. The summed E-state index contributed by atoms with van der Waals surface area (Å²) in [5.41, 5.74) is 1.85. The largest absolute Gasteiger partial charge is 0.452 e. The summed E-state index contributed by atoms with van der Waals surface area (Å²) in [5.74, 6) is -1.76. The maximum Gasteiger partial charge on any atom is 0.338 e. The van der Waals surface area contributed by atoms with E-state index >= 15 is 0 Å². The van der Waals surface area contributed by atoms with Crippen molar-refractivity contribution in [1.82, 2.24) is 5.32 Å². The SMILES string of the molecule is CC(C)c1ccc(C(=O)OCC(=O)NCC(=O)Nc2ccc(F)cc2)cc1. The van der Waals surface area contributed by atoms with Crippen LogP contribution in [0.4, 0.5) is 10.1 Å². The highest BCUT2D eigenvalue weighted by atomic mass is 19.1. The van der Waals surface area contributed by atoms with Gasteiger partial charge in [-0.25, -0.2) is 9.18 Å². The Morgan fingerprint density at radius 1 is 0.963 bits per heavy atom. The standard InChI is InChI=1S/C20H21FN2O4/c1-13(2)14-3-5-15(6-4-14)20(26)27-12-19(25)22-11-18(24)23-17-9-7-16(21)8-10-17/h3-10,13H,11-12H2,1-2H3,(H,22,25)(H,23,24). The number of amides is 2. The molecule has 0 aliphatic heterocycles. The third-order valence-corrected chi connectivity index (χ3v) is 3.72. The lowest BCUT2D eigenvalue weighted by Crippen LogP contribution is -2.35. The predicted octanol–water partition coefficient (Wildman–Crippen LogP) is 2.86. The summed E-state index contributed by atoms with van der Waals surface area (Å²) in [5, 5.41) is 4.84. The van der Waals surface area contributed by atoms with Crippen molar-refractivity contribution in [3.8, 4) is 0 Å². The molecule has 0 bridgehead atoms. The quantitative estimate of drug-likeness (QED) is 0.732. The smallest absolute Gasteiger partial charge is 0.338 e. The average molecular weight is 372 g/mol. The van der Waals surface area contributed by atoms with Crippen molar-refractivity contribution in [3.63, 3.8) is 0 Å². The number of nitrogens with one attached hydrogen (secondary N) is 2. The average Bonchev–Trinajstić information content (AvgIpc) is 2.66. The van der Waals surface area contributed by atoms with Gasteiger partial charge in [0.1, 0.15) is 5.82 Å². The molecular formula is C20H21FN2O4. The molecule has 2 N–H and O–H groups in total. The molecule has 0 saturated heterocycles. The molecule has 27 heavy (non-hydrogen) atoms. The van der Waals surface area contributed by atoms with Crippen LogP contribution in [0.3, 0.4) is 0 Å². The van der Waals surface area contributed by atoms with E-state index in [9.17, 15) is 18.8 Å². The Morgan fingerprint density at radius 3 is 2.19 bits per heavy atom. The Kier molecular flexibility index (Phi) is 7.05. The van der Waals surface area contributed by atoms with Crippen LogP contribution in [-0.2, 0) is 14.3 Å². The summed E-state index contributed by atoms with van der Waals surface area (Å²) < 4.78 is 17.7. The molecule has 0 radical (unpaired) electrons. The molecule has 0 aromatic heterocycles. The Morgan fingerprint density at radius 2 is 1.59 bits per heavy atom. The fourth-order valence-electron chi connectivity index (χ4n) is 2.19. The van der Waals surface area contributed by atoms with Crippen LogP contribution in [0.25, 0.3) is 0 Å². The zero-order chi connectivity index (χ0) is 19.8. The van der Waals surface area contributed by atoms with Gasteiger partial charge in [0.05, 0.1) is 12.1 Å². The number of hydrogen-bond acceptors (Lipinski definition) is 4. The van der Waals surface area contributed by atoms with Crippen LogP contribution in [0.1, 0.15) is 35.7 Å². The van der Waals surface area contributed by atoms with Crippen LogP contribution < -0.4 is 10.6 Å². The summed E-state index contributed by atoms with van der Waals surface area (Å²) in [6.45, 7) is 3.30. The third kappa shape index (κ3) is 6.54. The highest BCUT2D eigenvalue weighted by Crippen LogP contribution is 2.15. The summed E-state index contributed by atoms with van der Waals surface area (Å²) in [6, 6.07) is 12.2. The van der Waals surface area contributed by atoms with Crippen molar-refractivity contribution in [2.75, 3.05) is 18.5 Å². The molecule has 0 fully saturated rings. The van der Waals surface area contributed by atoms with Crippen molar-refractivity contribution in [2.24, 2.45) is 0 Å². The maximum absolute atomic E-state index is 12.8. The molecule has 0 atom stereocenters. The minimum atomic E-state index is -0.615. The van der Waals surface area contributed by atoms with Gasteiger partial charge in [0.2, 0.25) is 5.91 Å². The second kappa shape index (κ2) is 9.47. The fourth-order valence-corrected chi connectivity index (χ4v) is 2.19. The minimum absolute atomic E-state index is 0.295. The van der Waals surface area contributed by atoms with Crippen LogP contribution in [0.2, 0.25) is 0 Å². The van der Waals surface area contributed by atoms with Gasteiger partial charge in [-0.2, -0.15) is 0 Å². The lowest BCUT2D eigenvalue weighted by molar-refractivity contribution is -0.126. The number of benzene rings is 2. The summed E-state index contributed by atoms with van der Waals surface area (Å²) >= 11 is 0. The predicted molar refractivity (Wildman–Crippen MR) is 98.9 cm³/mol. The number of halogens is 1. The highest BCUT2D eigenvalue weighted by molar-refractivity contribution is 5.95. The lowest BCUT2D eigenvalue weighted by Gasteiger charge is -2.09. The van der Waals surface area contributed by atoms with Gasteiger partial charge >= 0.3 is 5.97 Å². The van der Waals surface area contributed by atoms with Gasteiger partial charge in [-0.1, -0.05) is 26.0 Å². The normalized spacial score (nSPS) is 10.4. The van der Waals surface area contributed by atoms with E-state index in [1.807, 2.05) is 26.0 Å². The van der Waals surface area contributed by atoms with Crippen molar-refractivity contribution in [2.45, 2.75) is 19.8 Å². The van der Waals surface area contributed by atoms with Crippen molar-refractivity contribution in [1.29, 1.82) is 0 Å². The number of anilines is 1. The summed E-state index contributed by atoms with van der Waals surface area (Å²) in [6.07, 6.45) is 0. The zero-order valence-electron chi connectivity index (χ0n) is 15.1. The molecular weight excluding hydrogens is 351 g/mol. The first kappa shape index (κ1) is 20.1. The van der Waals surface area contributed by atoms with E-state index in [4.69, 9.17) is 4.74 Å². The van der Waals surface area contributed by atoms with Crippen LogP contribution in [0, 0.1) is 5.82 Å². The first-order valence-electron chi connectivity index (χ1n) is 8.44. The molecule has 0 aliphatic carbocycles. The van der Waals surface area contributed by atoms with Crippen LogP contribution in [0.5, 0.6) is 0 Å². The number of rotatable bonds is 7. The molecule has 0 unspecified atom stereocenters. The van der Waals surface area contributed by atoms with E-state index < -0.39 is 30.2 Å². The third-order valence-electron chi connectivity index (χ3n) is 3.72. The Hall–Kier alpha value is -3.22. The number of carbonyl (C=O) groups excluding carboxylic acids is 3. The van der Waals surface area contributed by atoms with Gasteiger partial charge < -0.3 is 15.4 Å². The molecule has 2 aromatic carbocycles. The van der Waals surface area contributed by atoms with E-state index in [1.165, 1.54) is 24.3 Å². The number of ether oxygens (including phenoxy) is 1. The molecule has 142 valence electrons. The Balaban J connectivity index is 1.72. The van der Waals surface area contributed by atoms with Gasteiger partial charge in [-0.05, 0) is 47.9 Å². The zero-order valence-corrected chi connectivity index (χ0v) is 15.1. The number of esters is 1. The van der Waals surface area contributed by atoms with Gasteiger partial charge in [-0.15, -0.1) is 0 Å². The van der Waals surface area contributed by atoms with Crippen LogP contribution in [-0.4, -0.2) is 30.9 Å². The van der Waals surface area contributed by atoms with E-state index in [0.29, 0.717) is 17.2 Å². The van der Waals surface area contributed by atoms with Gasteiger partial charge in [0.15, 0.2) is 6.61 Å². The van der Waals surface area contributed by atoms with Gasteiger partial charge in [-0.3, -0.25) is 9.59 Å². The molecule has 0 heterocycles.